The summed E-state index contributed by atoms with van der Waals surface area (Å²) in [6.07, 6.45) is 1.06. The molecule has 0 heterocycles. The van der Waals surface area contributed by atoms with E-state index in [0.29, 0.717) is 0 Å². The van der Waals surface area contributed by atoms with Gasteiger partial charge in [0.05, 0.1) is 10.8 Å². The summed E-state index contributed by atoms with van der Waals surface area (Å²) >= 11 is 5.23. The fraction of sp³-hybridized carbons (Fsp3) is 0.200. The molecule has 16 heavy (non-hydrogen) atoms. The van der Waals surface area contributed by atoms with E-state index >= 15 is 0 Å². The Hall–Kier alpha value is -1.20. The molecule has 0 amide bonds. The molecule has 0 spiro atoms. The van der Waals surface area contributed by atoms with E-state index in [-0.39, 0.29) is 16.3 Å². The molecule has 0 saturated heterocycles. The maximum Gasteiger partial charge on any atom is 0.229 e. The van der Waals surface area contributed by atoms with Crippen LogP contribution >= 0.6 is 11.6 Å². The minimum absolute atomic E-state index is 0.0994. The highest BCUT2D eigenvalue weighted by molar-refractivity contribution is 7.90. The minimum atomic E-state index is -3.29. The van der Waals surface area contributed by atoms with Crippen molar-refractivity contribution in [3.63, 3.8) is 0 Å². The third kappa shape index (κ3) is 2.90. The Balaban J connectivity index is 3.05. The first-order valence-electron chi connectivity index (χ1n) is 4.30. The Kier molecular flexibility index (Phi) is 3.83. The summed E-state index contributed by atoms with van der Waals surface area (Å²) in [4.78, 5) is 22.4. The van der Waals surface area contributed by atoms with Crippen LogP contribution in [0.1, 0.15) is 10.4 Å². The molecule has 0 fully saturated rings. The number of hydrogen-bond donors (Lipinski definition) is 0. The predicted octanol–water partition coefficient (Wildman–Crippen LogP) is 1.08. The molecule has 0 aromatic heterocycles. The SMILES string of the molecule is CS(=O)(=O)c1ccc(C(=O)C(=O)CCl)cc1. The molecule has 1 aromatic carbocycles. The van der Waals surface area contributed by atoms with Crippen LogP contribution in [0.15, 0.2) is 29.2 Å². The third-order valence-electron chi connectivity index (χ3n) is 1.92. The van der Waals surface area contributed by atoms with Gasteiger partial charge in [-0.1, -0.05) is 0 Å². The van der Waals surface area contributed by atoms with E-state index in [1.165, 1.54) is 24.3 Å². The molecular formula is C10H9ClO4S. The van der Waals surface area contributed by atoms with Crippen molar-refractivity contribution < 1.29 is 18.0 Å². The highest BCUT2D eigenvalue weighted by atomic mass is 35.5. The molecule has 1 aromatic rings. The largest absolute Gasteiger partial charge is 0.289 e. The molecule has 86 valence electrons. The monoisotopic (exact) mass is 260 g/mol. The summed E-state index contributed by atoms with van der Waals surface area (Å²) in [7, 11) is -3.29. The van der Waals surface area contributed by atoms with Crippen LogP contribution in [0, 0.1) is 0 Å². The van der Waals surface area contributed by atoms with Crippen LogP contribution < -0.4 is 0 Å². The van der Waals surface area contributed by atoms with Gasteiger partial charge in [-0.05, 0) is 24.3 Å². The Morgan fingerprint density at radius 2 is 1.69 bits per heavy atom. The summed E-state index contributed by atoms with van der Waals surface area (Å²) in [6, 6.07) is 5.15. The number of halogens is 1. The lowest BCUT2D eigenvalue weighted by molar-refractivity contribution is -0.112. The quantitative estimate of drug-likeness (QED) is 0.462. The number of hydrogen-bond acceptors (Lipinski definition) is 4. The van der Waals surface area contributed by atoms with Crippen molar-refractivity contribution in [1.82, 2.24) is 0 Å². The van der Waals surface area contributed by atoms with Crippen LogP contribution in [0.4, 0.5) is 0 Å². The van der Waals surface area contributed by atoms with E-state index < -0.39 is 21.4 Å². The second-order valence-corrected chi connectivity index (χ2v) is 5.47. The summed E-state index contributed by atoms with van der Waals surface area (Å²) in [6.45, 7) is 0. The zero-order valence-electron chi connectivity index (χ0n) is 8.44. The van der Waals surface area contributed by atoms with Gasteiger partial charge in [0.2, 0.25) is 11.6 Å². The lowest BCUT2D eigenvalue weighted by atomic mass is 10.1. The molecule has 4 nitrogen and oxygen atoms in total. The first-order valence-corrected chi connectivity index (χ1v) is 6.72. The van der Waals surface area contributed by atoms with Gasteiger partial charge in [0.15, 0.2) is 9.84 Å². The summed E-state index contributed by atoms with van der Waals surface area (Å²) < 4.78 is 22.3. The minimum Gasteiger partial charge on any atom is -0.289 e. The van der Waals surface area contributed by atoms with Crippen LogP contribution in [-0.4, -0.2) is 32.1 Å². The van der Waals surface area contributed by atoms with Gasteiger partial charge < -0.3 is 0 Å². The van der Waals surface area contributed by atoms with Gasteiger partial charge in [0, 0.05) is 11.8 Å². The van der Waals surface area contributed by atoms with Gasteiger partial charge in [-0.2, -0.15) is 0 Å². The molecule has 1 rings (SSSR count). The van der Waals surface area contributed by atoms with E-state index in [2.05, 4.69) is 0 Å². The van der Waals surface area contributed by atoms with Crippen molar-refractivity contribution in [1.29, 1.82) is 0 Å². The Bertz CT molecular complexity index is 516. The number of alkyl halides is 1. The number of Topliss-reactive ketones (excluding diaryl/α,β-unsaturated/α-hetero) is 2. The lowest BCUT2D eigenvalue weighted by Gasteiger charge is -2.00. The van der Waals surface area contributed by atoms with E-state index in [4.69, 9.17) is 11.6 Å². The Morgan fingerprint density at radius 3 is 2.06 bits per heavy atom. The molecular weight excluding hydrogens is 252 g/mol. The number of rotatable bonds is 4. The molecule has 0 N–H and O–H groups in total. The van der Waals surface area contributed by atoms with Gasteiger partial charge in [0.25, 0.3) is 0 Å². The van der Waals surface area contributed by atoms with Crippen LogP contribution in [-0.2, 0) is 14.6 Å². The molecule has 0 aliphatic heterocycles. The molecule has 0 atom stereocenters. The molecule has 0 aliphatic carbocycles. The Labute approximate surface area is 98.1 Å². The van der Waals surface area contributed by atoms with Crippen molar-refractivity contribution in [3.8, 4) is 0 Å². The fourth-order valence-corrected chi connectivity index (χ4v) is 1.83. The second kappa shape index (κ2) is 4.76. The number of ketones is 2. The predicted molar refractivity (Wildman–Crippen MR) is 59.6 cm³/mol. The van der Waals surface area contributed by atoms with Crippen molar-refractivity contribution in [2.75, 3.05) is 12.1 Å². The first kappa shape index (κ1) is 12.9. The zero-order valence-corrected chi connectivity index (χ0v) is 10.0. The van der Waals surface area contributed by atoms with E-state index in [1.807, 2.05) is 0 Å². The van der Waals surface area contributed by atoms with Crippen molar-refractivity contribution >= 4 is 33.0 Å². The summed E-state index contributed by atoms with van der Waals surface area (Å²) in [5.41, 5.74) is 0.137. The fourth-order valence-electron chi connectivity index (χ4n) is 1.08. The van der Waals surface area contributed by atoms with Crippen molar-refractivity contribution in [2.45, 2.75) is 4.90 Å². The average Bonchev–Trinajstić information content (AvgIpc) is 2.26. The van der Waals surface area contributed by atoms with Crippen molar-refractivity contribution in [3.05, 3.63) is 29.8 Å². The topological polar surface area (TPSA) is 68.3 Å². The van der Waals surface area contributed by atoms with Crippen LogP contribution in [0.25, 0.3) is 0 Å². The van der Waals surface area contributed by atoms with E-state index in [1.54, 1.807) is 0 Å². The van der Waals surface area contributed by atoms with Crippen LogP contribution in [0.3, 0.4) is 0 Å². The number of sulfone groups is 1. The zero-order chi connectivity index (χ0) is 12.3. The molecule has 0 aliphatic rings. The second-order valence-electron chi connectivity index (χ2n) is 3.18. The maximum absolute atomic E-state index is 11.4. The lowest BCUT2D eigenvalue weighted by Crippen LogP contribution is -2.15. The van der Waals surface area contributed by atoms with Crippen LogP contribution in [0.5, 0.6) is 0 Å². The molecule has 6 heteroatoms. The smallest absolute Gasteiger partial charge is 0.229 e. The first-order chi connectivity index (χ1) is 7.36. The number of benzene rings is 1. The average molecular weight is 261 g/mol. The van der Waals surface area contributed by atoms with Gasteiger partial charge in [-0.15, -0.1) is 11.6 Å². The number of carbonyl (C=O) groups excluding carboxylic acids is 2. The normalized spacial score (nSPS) is 11.1. The Morgan fingerprint density at radius 1 is 1.19 bits per heavy atom. The van der Waals surface area contributed by atoms with Gasteiger partial charge >= 0.3 is 0 Å². The van der Waals surface area contributed by atoms with E-state index in [0.717, 1.165) is 6.26 Å². The number of carbonyl (C=O) groups is 2. The summed E-state index contributed by atoms with van der Waals surface area (Å²) in [5, 5.41) is 0. The molecule has 0 radical (unpaired) electrons. The highest BCUT2D eigenvalue weighted by Crippen LogP contribution is 2.11. The van der Waals surface area contributed by atoms with Crippen LogP contribution in [0.2, 0.25) is 0 Å². The van der Waals surface area contributed by atoms with Gasteiger partial charge in [-0.25, -0.2) is 8.42 Å². The van der Waals surface area contributed by atoms with Gasteiger partial charge in [-0.3, -0.25) is 9.59 Å². The maximum atomic E-state index is 11.4. The summed E-state index contributed by atoms with van der Waals surface area (Å²) in [5.74, 6) is -1.81. The molecule has 0 unspecified atom stereocenters. The van der Waals surface area contributed by atoms with E-state index in [9.17, 15) is 18.0 Å². The standard InChI is InChI=1S/C10H9ClO4S/c1-16(14,15)8-4-2-7(3-5-8)10(13)9(12)6-11/h2-5H,6H2,1H3. The van der Waals surface area contributed by atoms with Gasteiger partial charge in [0.1, 0.15) is 0 Å². The molecule has 0 saturated carbocycles. The van der Waals surface area contributed by atoms with Crippen molar-refractivity contribution in [2.24, 2.45) is 0 Å². The highest BCUT2D eigenvalue weighted by Gasteiger charge is 2.15. The molecule has 0 bridgehead atoms. The third-order valence-corrected chi connectivity index (χ3v) is 3.29.